The molecule has 16 heavy (non-hydrogen) atoms. The highest BCUT2D eigenvalue weighted by Crippen LogP contribution is 2.28. The minimum Gasteiger partial charge on any atom is -0.273 e. The lowest BCUT2D eigenvalue weighted by Crippen LogP contribution is -2.35. The number of benzene rings is 1. The molecule has 1 aliphatic heterocycles. The van der Waals surface area contributed by atoms with Gasteiger partial charge >= 0.3 is 0 Å². The highest BCUT2D eigenvalue weighted by atomic mass is 32.1. The average Bonchev–Trinajstić information content (AvgIpc) is 2.81. The Hall–Kier alpha value is -1.95. The summed E-state index contributed by atoms with van der Waals surface area (Å²) in [5, 5.41) is 1.73. The lowest BCUT2D eigenvalue weighted by atomic mass is 10.3. The van der Waals surface area contributed by atoms with Crippen molar-refractivity contribution in [1.29, 1.82) is 0 Å². The Balaban J connectivity index is 2.06. The van der Waals surface area contributed by atoms with Crippen molar-refractivity contribution in [1.82, 2.24) is 10.4 Å². The second-order valence-electron chi connectivity index (χ2n) is 3.41. The second kappa shape index (κ2) is 3.28. The zero-order chi connectivity index (χ0) is 11.1. The molecule has 1 aromatic carbocycles. The Bertz CT molecular complexity index is 560. The molecule has 1 aromatic heterocycles. The Morgan fingerprint density at radius 3 is 2.81 bits per heavy atom. The molecular weight excluding hydrogens is 226 g/mol. The largest absolute Gasteiger partial charge is 0.273 e. The topological polar surface area (TPSA) is 62.3 Å². The number of nitrogens with zero attached hydrogens (tertiary/aromatic N) is 2. The number of aromatic nitrogens is 1. The number of fused-ring (bicyclic) bond motifs is 1. The van der Waals surface area contributed by atoms with Crippen molar-refractivity contribution < 1.29 is 9.59 Å². The van der Waals surface area contributed by atoms with Crippen LogP contribution in [-0.2, 0) is 9.59 Å². The minimum atomic E-state index is -0.288. The van der Waals surface area contributed by atoms with E-state index in [4.69, 9.17) is 0 Å². The number of carbonyl (C=O) groups is 2. The molecule has 0 spiro atoms. The molecule has 5 nitrogen and oxygen atoms in total. The maximum absolute atomic E-state index is 11.5. The third-order valence-electron chi connectivity index (χ3n) is 2.27. The summed E-state index contributed by atoms with van der Waals surface area (Å²) >= 11 is 1.38. The van der Waals surface area contributed by atoms with Gasteiger partial charge in [-0.15, -0.1) is 0 Å². The van der Waals surface area contributed by atoms with Crippen LogP contribution in [0.2, 0.25) is 0 Å². The van der Waals surface area contributed by atoms with Crippen molar-refractivity contribution in [3.63, 3.8) is 0 Å². The monoisotopic (exact) mass is 233 g/mol. The van der Waals surface area contributed by atoms with Crippen LogP contribution in [-0.4, -0.2) is 16.8 Å². The first kappa shape index (κ1) is 9.29. The molecule has 1 fully saturated rings. The number of thiazole rings is 1. The maximum atomic E-state index is 11.5. The quantitative estimate of drug-likeness (QED) is 0.749. The fourth-order valence-corrected chi connectivity index (χ4v) is 2.50. The Labute approximate surface area is 94.7 Å². The van der Waals surface area contributed by atoms with E-state index in [-0.39, 0.29) is 18.2 Å². The normalized spacial score (nSPS) is 15.9. The fraction of sp³-hybridized carbons (Fsp3) is 0.100. The lowest BCUT2D eigenvalue weighted by Gasteiger charge is -2.09. The number of nitrogens with one attached hydrogen (secondary N) is 1. The molecule has 0 unspecified atom stereocenters. The van der Waals surface area contributed by atoms with Crippen LogP contribution in [0.3, 0.4) is 0 Å². The molecular formula is C10H7N3O2S. The summed E-state index contributed by atoms with van der Waals surface area (Å²) in [6.07, 6.45) is -0.101. The van der Waals surface area contributed by atoms with Gasteiger partial charge < -0.3 is 0 Å². The standard InChI is InChI=1S/C10H7N3O2S/c14-8-5-9(15)13(12-8)10-11-6-3-1-2-4-7(6)16-10/h1-4H,5H2,(H,12,14). The van der Waals surface area contributed by atoms with Crippen LogP contribution in [0.4, 0.5) is 5.13 Å². The van der Waals surface area contributed by atoms with Crippen LogP contribution in [0.1, 0.15) is 6.42 Å². The minimum absolute atomic E-state index is 0.101. The first-order valence-electron chi connectivity index (χ1n) is 4.72. The second-order valence-corrected chi connectivity index (χ2v) is 4.41. The molecule has 3 rings (SSSR count). The van der Waals surface area contributed by atoms with Gasteiger partial charge in [0.15, 0.2) is 0 Å². The maximum Gasteiger partial charge on any atom is 0.257 e. The Morgan fingerprint density at radius 1 is 1.31 bits per heavy atom. The van der Waals surface area contributed by atoms with Crippen LogP contribution >= 0.6 is 11.3 Å². The average molecular weight is 233 g/mol. The van der Waals surface area contributed by atoms with Gasteiger partial charge in [0, 0.05) is 0 Å². The predicted molar refractivity (Wildman–Crippen MR) is 59.9 cm³/mol. The van der Waals surface area contributed by atoms with E-state index < -0.39 is 0 Å². The van der Waals surface area contributed by atoms with Gasteiger partial charge in [0.05, 0.1) is 10.2 Å². The zero-order valence-electron chi connectivity index (χ0n) is 8.14. The van der Waals surface area contributed by atoms with Gasteiger partial charge in [0.25, 0.3) is 5.91 Å². The summed E-state index contributed by atoms with van der Waals surface area (Å²) in [5.41, 5.74) is 3.30. The third-order valence-corrected chi connectivity index (χ3v) is 3.29. The molecule has 2 aromatic rings. The molecule has 1 aliphatic rings. The molecule has 80 valence electrons. The number of para-hydroxylation sites is 1. The van der Waals surface area contributed by atoms with Crippen LogP contribution in [0, 0.1) is 0 Å². The van der Waals surface area contributed by atoms with Crippen molar-refractivity contribution in [3.05, 3.63) is 24.3 Å². The Kier molecular flexibility index (Phi) is 1.90. The van der Waals surface area contributed by atoms with Gasteiger partial charge in [0.2, 0.25) is 11.0 Å². The first-order valence-corrected chi connectivity index (χ1v) is 5.54. The third kappa shape index (κ3) is 1.35. The molecule has 0 radical (unpaired) electrons. The van der Waals surface area contributed by atoms with Crippen molar-refractivity contribution in [2.45, 2.75) is 6.42 Å². The highest BCUT2D eigenvalue weighted by Gasteiger charge is 2.30. The summed E-state index contributed by atoms with van der Waals surface area (Å²) in [5.74, 6) is -0.548. The number of hydrazine groups is 1. The SMILES string of the molecule is O=C1CC(=O)N(c2nc3ccccc3s2)N1. The highest BCUT2D eigenvalue weighted by molar-refractivity contribution is 7.22. The molecule has 0 saturated carbocycles. The molecule has 1 saturated heterocycles. The van der Waals surface area contributed by atoms with Gasteiger partial charge in [-0.1, -0.05) is 23.5 Å². The number of carbonyl (C=O) groups excluding carboxylic acids is 2. The lowest BCUT2D eigenvalue weighted by molar-refractivity contribution is -0.122. The molecule has 0 bridgehead atoms. The number of amides is 2. The molecule has 0 atom stereocenters. The summed E-state index contributed by atoms with van der Waals surface area (Å²) in [6, 6.07) is 7.60. The Morgan fingerprint density at radius 2 is 2.12 bits per heavy atom. The van der Waals surface area contributed by atoms with Gasteiger partial charge in [0.1, 0.15) is 6.42 Å². The summed E-state index contributed by atoms with van der Waals surface area (Å²) in [6.45, 7) is 0. The van der Waals surface area contributed by atoms with E-state index in [1.54, 1.807) is 0 Å². The fourth-order valence-electron chi connectivity index (χ4n) is 1.55. The number of rotatable bonds is 1. The summed E-state index contributed by atoms with van der Waals surface area (Å²) < 4.78 is 0.992. The predicted octanol–water partition coefficient (Wildman–Crippen LogP) is 1.06. The summed E-state index contributed by atoms with van der Waals surface area (Å²) in [4.78, 5) is 26.8. The van der Waals surface area contributed by atoms with E-state index in [1.807, 2.05) is 24.3 Å². The molecule has 2 amide bonds. The van der Waals surface area contributed by atoms with E-state index >= 15 is 0 Å². The van der Waals surface area contributed by atoms with Crippen molar-refractivity contribution in [2.75, 3.05) is 5.01 Å². The van der Waals surface area contributed by atoms with Gasteiger partial charge in [-0.25, -0.2) is 4.98 Å². The first-order chi connectivity index (χ1) is 7.74. The van der Waals surface area contributed by atoms with Crippen LogP contribution < -0.4 is 10.4 Å². The van der Waals surface area contributed by atoms with Crippen molar-refractivity contribution in [3.8, 4) is 0 Å². The summed E-state index contributed by atoms with van der Waals surface area (Å²) in [7, 11) is 0. The van der Waals surface area contributed by atoms with E-state index in [1.165, 1.54) is 16.3 Å². The van der Waals surface area contributed by atoms with E-state index in [2.05, 4.69) is 10.4 Å². The molecule has 1 N–H and O–H groups in total. The van der Waals surface area contributed by atoms with E-state index in [0.717, 1.165) is 10.2 Å². The number of anilines is 1. The van der Waals surface area contributed by atoms with Crippen molar-refractivity contribution in [2.24, 2.45) is 0 Å². The molecule has 0 aliphatic carbocycles. The van der Waals surface area contributed by atoms with Gasteiger partial charge in [-0.05, 0) is 12.1 Å². The number of hydrogen-bond acceptors (Lipinski definition) is 4. The van der Waals surface area contributed by atoms with Crippen LogP contribution in [0.5, 0.6) is 0 Å². The van der Waals surface area contributed by atoms with Gasteiger partial charge in [-0.3, -0.25) is 15.0 Å². The van der Waals surface area contributed by atoms with E-state index in [0.29, 0.717) is 5.13 Å². The molecule has 2 heterocycles. The smallest absolute Gasteiger partial charge is 0.257 e. The van der Waals surface area contributed by atoms with Crippen molar-refractivity contribution >= 4 is 38.5 Å². The van der Waals surface area contributed by atoms with Crippen LogP contribution in [0.25, 0.3) is 10.2 Å². The number of hydrogen-bond donors (Lipinski definition) is 1. The van der Waals surface area contributed by atoms with Crippen LogP contribution in [0.15, 0.2) is 24.3 Å². The zero-order valence-corrected chi connectivity index (χ0v) is 8.95. The van der Waals surface area contributed by atoms with E-state index in [9.17, 15) is 9.59 Å². The molecule has 6 heteroatoms. The van der Waals surface area contributed by atoms with Gasteiger partial charge in [-0.2, -0.15) is 5.01 Å².